The van der Waals surface area contributed by atoms with Crippen LogP contribution in [-0.4, -0.2) is 30.6 Å². The minimum atomic E-state index is -0.322. The van der Waals surface area contributed by atoms with Crippen molar-refractivity contribution in [1.29, 1.82) is 0 Å². The lowest BCUT2D eigenvalue weighted by atomic mass is 10.2. The number of hydrogen-bond donors (Lipinski definition) is 0. The lowest BCUT2D eigenvalue weighted by Crippen LogP contribution is -2.28. The molecule has 0 amide bonds. The average molecular weight is 236 g/mol. The maximum Gasteiger partial charge on any atom is 0.339 e. The maximum atomic E-state index is 11.4. The molecule has 0 aliphatic rings. The van der Waals surface area contributed by atoms with E-state index in [9.17, 15) is 4.79 Å². The number of rotatable bonds is 5. The van der Waals surface area contributed by atoms with E-state index in [0.29, 0.717) is 18.2 Å². The second kappa shape index (κ2) is 6.23. The number of hydrogen-bond acceptors (Lipinski definition) is 4. The molecule has 0 aromatic carbocycles. The van der Waals surface area contributed by atoms with Crippen molar-refractivity contribution >= 4 is 11.8 Å². The quantitative estimate of drug-likeness (QED) is 0.737. The maximum absolute atomic E-state index is 11.4. The zero-order chi connectivity index (χ0) is 12.8. The van der Waals surface area contributed by atoms with Crippen molar-refractivity contribution < 1.29 is 9.53 Å². The molecule has 0 saturated heterocycles. The Hall–Kier alpha value is -1.58. The third-order valence-electron chi connectivity index (χ3n) is 2.87. The van der Waals surface area contributed by atoms with Crippen LogP contribution in [0.4, 0.5) is 5.82 Å². The molecule has 4 nitrogen and oxygen atoms in total. The normalized spacial score (nSPS) is 12.0. The molecule has 0 aliphatic heterocycles. The smallest absolute Gasteiger partial charge is 0.339 e. The topological polar surface area (TPSA) is 42.4 Å². The number of nitrogens with zero attached hydrogens (tertiary/aromatic N) is 2. The molecule has 17 heavy (non-hydrogen) atoms. The van der Waals surface area contributed by atoms with Gasteiger partial charge in [0.2, 0.25) is 0 Å². The molecular weight excluding hydrogens is 216 g/mol. The molecule has 0 saturated carbocycles. The number of esters is 1. The molecule has 1 rings (SSSR count). The first-order chi connectivity index (χ1) is 8.10. The van der Waals surface area contributed by atoms with E-state index in [-0.39, 0.29) is 5.97 Å². The number of carbonyl (C=O) groups is 1. The van der Waals surface area contributed by atoms with Gasteiger partial charge in [-0.1, -0.05) is 6.92 Å². The van der Waals surface area contributed by atoms with Gasteiger partial charge in [0.05, 0.1) is 12.2 Å². The summed E-state index contributed by atoms with van der Waals surface area (Å²) in [5, 5.41) is 0. The predicted molar refractivity (Wildman–Crippen MR) is 68.3 cm³/mol. The molecule has 0 radical (unpaired) electrons. The van der Waals surface area contributed by atoms with Crippen LogP contribution in [0.15, 0.2) is 18.3 Å². The Labute approximate surface area is 103 Å². The molecule has 4 heteroatoms. The van der Waals surface area contributed by atoms with Gasteiger partial charge in [-0.3, -0.25) is 0 Å². The summed E-state index contributed by atoms with van der Waals surface area (Å²) in [7, 11) is 2.00. The molecule has 94 valence electrons. The predicted octanol–water partition coefficient (Wildman–Crippen LogP) is 2.49. The van der Waals surface area contributed by atoms with E-state index in [1.54, 1.807) is 19.2 Å². The summed E-state index contributed by atoms with van der Waals surface area (Å²) < 4.78 is 4.90. The first-order valence-electron chi connectivity index (χ1n) is 5.96. The average Bonchev–Trinajstić information content (AvgIpc) is 2.37. The first kappa shape index (κ1) is 13.5. The number of aromatic nitrogens is 1. The van der Waals surface area contributed by atoms with Gasteiger partial charge < -0.3 is 9.64 Å². The lowest BCUT2D eigenvalue weighted by Gasteiger charge is -2.24. The highest BCUT2D eigenvalue weighted by molar-refractivity contribution is 5.89. The fourth-order valence-corrected chi connectivity index (χ4v) is 1.43. The Morgan fingerprint density at radius 1 is 1.47 bits per heavy atom. The van der Waals surface area contributed by atoms with E-state index in [4.69, 9.17) is 4.74 Å². The highest BCUT2D eigenvalue weighted by Crippen LogP contribution is 2.14. The van der Waals surface area contributed by atoms with Crippen LogP contribution >= 0.6 is 0 Å². The highest BCUT2D eigenvalue weighted by Gasteiger charge is 2.11. The monoisotopic (exact) mass is 236 g/mol. The summed E-state index contributed by atoms with van der Waals surface area (Å²) >= 11 is 0. The molecule has 0 aliphatic carbocycles. The van der Waals surface area contributed by atoms with E-state index in [1.807, 2.05) is 13.1 Å². The highest BCUT2D eigenvalue weighted by atomic mass is 16.5. The van der Waals surface area contributed by atoms with Gasteiger partial charge in [-0.05, 0) is 32.4 Å². The van der Waals surface area contributed by atoms with Crippen LogP contribution in [0.3, 0.4) is 0 Å². The molecule has 1 unspecified atom stereocenters. The van der Waals surface area contributed by atoms with Gasteiger partial charge in [-0.15, -0.1) is 0 Å². The molecule has 1 aromatic rings. The molecule has 1 aromatic heterocycles. The molecular formula is C13H20N2O2. The van der Waals surface area contributed by atoms with Gasteiger partial charge in [-0.2, -0.15) is 0 Å². The molecule has 0 bridgehead atoms. The molecule has 0 N–H and O–H groups in total. The summed E-state index contributed by atoms with van der Waals surface area (Å²) in [5.41, 5.74) is 0.494. The van der Waals surface area contributed by atoms with Gasteiger partial charge >= 0.3 is 5.97 Å². The summed E-state index contributed by atoms with van der Waals surface area (Å²) in [6.07, 6.45) is 2.62. The summed E-state index contributed by atoms with van der Waals surface area (Å²) in [4.78, 5) is 17.8. The van der Waals surface area contributed by atoms with Crippen molar-refractivity contribution in [2.75, 3.05) is 18.6 Å². The zero-order valence-corrected chi connectivity index (χ0v) is 10.9. The SMILES string of the molecule is CCOC(=O)c1ccc(N(C)C(C)CC)nc1. The second-order valence-electron chi connectivity index (χ2n) is 3.99. The van der Waals surface area contributed by atoms with Crippen molar-refractivity contribution in [3.05, 3.63) is 23.9 Å². The third-order valence-corrected chi connectivity index (χ3v) is 2.87. The first-order valence-corrected chi connectivity index (χ1v) is 5.96. The van der Waals surface area contributed by atoms with Crippen molar-refractivity contribution in [2.24, 2.45) is 0 Å². The Morgan fingerprint density at radius 2 is 2.18 bits per heavy atom. The van der Waals surface area contributed by atoms with Gasteiger partial charge in [0.1, 0.15) is 5.82 Å². The third kappa shape index (κ3) is 3.44. The minimum Gasteiger partial charge on any atom is -0.462 e. The van der Waals surface area contributed by atoms with Crippen LogP contribution in [-0.2, 0) is 4.74 Å². The van der Waals surface area contributed by atoms with Gasteiger partial charge in [-0.25, -0.2) is 9.78 Å². The molecule has 0 spiro atoms. The largest absolute Gasteiger partial charge is 0.462 e. The van der Waals surface area contributed by atoms with Crippen LogP contribution in [0.5, 0.6) is 0 Å². The van der Waals surface area contributed by atoms with E-state index in [1.165, 1.54) is 0 Å². The Bertz CT molecular complexity index is 362. The van der Waals surface area contributed by atoms with E-state index >= 15 is 0 Å². The summed E-state index contributed by atoms with van der Waals surface area (Å²) in [6, 6.07) is 4.02. The Morgan fingerprint density at radius 3 is 2.65 bits per heavy atom. The summed E-state index contributed by atoms with van der Waals surface area (Å²) in [5.74, 6) is 0.546. The number of pyridine rings is 1. The fourth-order valence-electron chi connectivity index (χ4n) is 1.43. The van der Waals surface area contributed by atoms with E-state index in [2.05, 4.69) is 23.7 Å². The van der Waals surface area contributed by atoms with Crippen molar-refractivity contribution in [2.45, 2.75) is 33.2 Å². The van der Waals surface area contributed by atoms with Crippen LogP contribution in [0.1, 0.15) is 37.6 Å². The number of anilines is 1. The standard InChI is InChI=1S/C13H20N2O2/c1-5-10(3)15(4)12-8-7-11(9-14-12)13(16)17-6-2/h7-10H,5-6H2,1-4H3. The Balaban J connectivity index is 2.77. The number of ether oxygens (including phenoxy) is 1. The fraction of sp³-hybridized carbons (Fsp3) is 0.538. The lowest BCUT2D eigenvalue weighted by molar-refractivity contribution is 0.0526. The minimum absolute atomic E-state index is 0.322. The van der Waals surface area contributed by atoms with Crippen LogP contribution in [0, 0.1) is 0 Å². The van der Waals surface area contributed by atoms with E-state index in [0.717, 1.165) is 12.2 Å². The number of carbonyl (C=O) groups excluding carboxylic acids is 1. The molecule has 1 atom stereocenters. The Kier molecular flexibility index (Phi) is 4.94. The van der Waals surface area contributed by atoms with Crippen molar-refractivity contribution in [3.8, 4) is 0 Å². The van der Waals surface area contributed by atoms with Gasteiger partial charge in [0, 0.05) is 19.3 Å². The second-order valence-corrected chi connectivity index (χ2v) is 3.99. The zero-order valence-electron chi connectivity index (χ0n) is 10.9. The van der Waals surface area contributed by atoms with Gasteiger partial charge in [0.25, 0.3) is 0 Å². The van der Waals surface area contributed by atoms with Crippen molar-refractivity contribution in [3.63, 3.8) is 0 Å². The molecule has 1 heterocycles. The van der Waals surface area contributed by atoms with Crippen LogP contribution < -0.4 is 4.90 Å². The molecule has 0 fully saturated rings. The summed E-state index contributed by atoms with van der Waals surface area (Å²) in [6.45, 7) is 6.44. The van der Waals surface area contributed by atoms with Crippen molar-refractivity contribution in [1.82, 2.24) is 4.98 Å². The van der Waals surface area contributed by atoms with Crippen LogP contribution in [0.2, 0.25) is 0 Å². The van der Waals surface area contributed by atoms with E-state index < -0.39 is 0 Å². The van der Waals surface area contributed by atoms with Gasteiger partial charge in [0.15, 0.2) is 0 Å². The van der Waals surface area contributed by atoms with Crippen LogP contribution in [0.25, 0.3) is 0 Å².